The number of aromatic nitrogens is 2. The van der Waals surface area contributed by atoms with Gasteiger partial charge >= 0.3 is 5.97 Å². The van der Waals surface area contributed by atoms with Gasteiger partial charge in [-0.15, -0.1) is 0 Å². The van der Waals surface area contributed by atoms with Crippen molar-refractivity contribution in [1.29, 1.82) is 0 Å². The molecule has 1 aromatic carbocycles. The van der Waals surface area contributed by atoms with E-state index < -0.39 is 5.97 Å². The molecule has 0 amide bonds. The number of nitrogens with one attached hydrogen (secondary N) is 1. The van der Waals surface area contributed by atoms with Crippen molar-refractivity contribution in [2.45, 2.75) is 19.3 Å². The van der Waals surface area contributed by atoms with Crippen molar-refractivity contribution in [2.75, 3.05) is 5.43 Å². The van der Waals surface area contributed by atoms with Gasteiger partial charge in [0.05, 0.1) is 23.2 Å². The number of carboxylic acids is 1. The zero-order valence-electron chi connectivity index (χ0n) is 11.7. The van der Waals surface area contributed by atoms with Gasteiger partial charge in [0.2, 0.25) is 0 Å². The molecule has 21 heavy (non-hydrogen) atoms. The van der Waals surface area contributed by atoms with Crippen molar-refractivity contribution < 1.29 is 9.90 Å². The second-order valence-corrected chi connectivity index (χ2v) is 5.03. The van der Waals surface area contributed by atoms with E-state index >= 15 is 0 Å². The predicted molar refractivity (Wildman–Crippen MR) is 79.7 cm³/mol. The summed E-state index contributed by atoms with van der Waals surface area (Å²) in [5.41, 5.74) is 7.32. The monoisotopic (exact) mass is 284 g/mol. The van der Waals surface area contributed by atoms with Gasteiger partial charge in [0.1, 0.15) is 0 Å². The number of hydrogen-bond donors (Lipinski definition) is 2. The Hall–Kier alpha value is -2.63. The van der Waals surface area contributed by atoms with Crippen LogP contribution in [-0.2, 0) is 13.5 Å². The number of aryl methyl sites for hydroxylation is 1. The number of carbonyl (C=O) groups is 1. The molecule has 0 bridgehead atoms. The Bertz CT molecular complexity index is 701. The van der Waals surface area contributed by atoms with E-state index in [0.717, 1.165) is 36.2 Å². The zero-order chi connectivity index (χ0) is 14.8. The number of benzene rings is 1. The van der Waals surface area contributed by atoms with Gasteiger partial charge in [0.15, 0.2) is 0 Å². The minimum Gasteiger partial charge on any atom is -0.478 e. The lowest BCUT2D eigenvalue weighted by molar-refractivity contribution is 0.0697. The number of hydrogen-bond acceptors (Lipinski definition) is 4. The van der Waals surface area contributed by atoms with Crippen LogP contribution in [0.2, 0.25) is 0 Å². The minimum absolute atomic E-state index is 0.264. The van der Waals surface area contributed by atoms with Crippen LogP contribution in [0.5, 0.6) is 0 Å². The molecule has 0 unspecified atom stereocenters. The molecule has 1 aliphatic rings. The number of anilines is 1. The van der Waals surface area contributed by atoms with E-state index in [2.05, 4.69) is 15.6 Å². The average molecular weight is 284 g/mol. The van der Waals surface area contributed by atoms with Gasteiger partial charge in [-0.05, 0) is 43.5 Å². The Kier molecular flexibility index (Phi) is 3.43. The van der Waals surface area contributed by atoms with Crippen molar-refractivity contribution in [1.82, 2.24) is 9.78 Å². The van der Waals surface area contributed by atoms with E-state index in [4.69, 9.17) is 5.11 Å². The highest BCUT2D eigenvalue weighted by Crippen LogP contribution is 2.21. The highest BCUT2D eigenvalue weighted by molar-refractivity contribution is 6.02. The molecule has 0 aliphatic heterocycles. The lowest BCUT2D eigenvalue weighted by Gasteiger charge is -2.14. The van der Waals surface area contributed by atoms with Crippen LogP contribution >= 0.6 is 0 Å². The Morgan fingerprint density at radius 1 is 1.33 bits per heavy atom. The van der Waals surface area contributed by atoms with E-state index in [-0.39, 0.29) is 5.56 Å². The molecule has 0 spiro atoms. The fourth-order valence-electron chi connectivity index (χ4n) is 2.49. The number of aromatic carboxylic acids is 1. The third-order valence-corrected chi connectivity index (χ3v) is 3.65. The number of rotatable bonds is 3. The number of fused-ring (bicyclic) bond motifs is 1. The quantitative estimate of drug-likeness (QED) is 0.847. The number of carboxylic acid groups (broad SMARTS) is 1. The predicted octanol–water partition coefficient (Wildman–Crippen LogP) is 2.27. The lowest BCUT2D eigenvalue weighted by Crippen LogP contribution is -2.14. The van der Waals surface area contributed by atoms with Gasteiger partial charge in [-0.25, -0.2) is 4.79 Å². The Labute approximate surface area is 122 Å². The van der Waals surface area contributed by atoms with Crippen LogP contribution in [0.15, 0.2) is 35.6 Å². The van der Waals surface area contributed by atoms with Gasteiger partial charge in [0, 0.05) is 18.3 Å². The van der Waals surface area contributed by atoms with Crippen LogP contribution in [0.25, 0.3) is 0 Å². The fourth-order valence-corrected chi connectivity index (χ4v) is 2.49. The Morgan fingerprint density at radius 2 is 2.10 bits per heavy atom. The van der Waals surface area contributed by atoms with Crippen LogP contribution in [0.1, 0.15) is 34.5 Å². The number of hydrazone groups is 1. The summed E-state index contributed by atoms with van der Waals surface area (Å²) in [5, 5.41) is 17.6. The van der Waals surface area contributed by atoms with E-state index in [1.807, 2.05) is 17.9 Å². The fraction of sp³-hybridized carbons (Fsp3) is 0.267. The summed E-state index contributed by atoms with van der Waals surface area (Å²) in [4.78, 5) is 10.8. The van der Waals surface area contributed by atoms with E-state index in [0.29, 0.717) is 0 Å². The largest absolute Gasteiger partial charge is 0.478 e. The third-order valence-electron chi connectivity index (χ3n) is 3.65. The first-order valence-corrected chi connectivity index (χ1v) is 6.82. The molecule has 0 saturated carbocycles. The van der Waals surface area contributed by atoms with E-state index in [9.17, 15) is 4.79 Å². The van der Waals surface area contributed by atoms with Crippen LogP contribution in [-0.4, -0.2) is 26.6 Å². The maximum atomic E-state index is 10.8. The first kappa shape index (κ1) is 13.4. The van der Waals surface area contributed by atoms with Crippen LogP contribution in [0.3, 0.4) is 0 Å². The smallest absolute Gasteiger partial charge is 0.335 e. The Morgan fingerprint density at radius 3 is 2.81 bits per heavy atom. The first-order valence-electron chi connectivity index (χ1n) is 6.82. The Balaban J connectivity index is 1.79. The molecule has 1 aromatic heterocycles. The average Bonchev–Trinajstić information content (AvgIpc) is 2.88. The van der Waals surface area contributed by atoms with Crippen molar-refractivity contribution >= 4 is 17.4 Å². The SMILES string of the molecule is Cn1ncc2c1CCC/C2=N/Nc1ccc(C(=O)O)cc1. The molecule has 0 atom stereocenters. The molecular weight excluding hydrogens is 268 g/mol. The maximum absolute atomic E-state index is 10.8. The molecule has 108 valence electrons. The summed E-state index contributed by atoms with van der Waals surface area (Å²) < 4.78 is 1.89. The van der Waals surface area contributed by atoms with Crippen molar-refractivity contribution in [3.63, 3.8) is 0 Å². The summed E-state index contributed by atoms with van der Waals surface area (Å²) in [6, 6.07) is 6.53. The zero-order valence-corrected chi connectivity index (χ0v) is 11.7. The molecule has 2 aromatic rings. The molecule has 6 nitrogen and oxygen atoms in total. The minimum atomic E-state index is -0.930. The summed E-state index contributed by atoms with van der Waals surface area (Å²) in [5.74, 6) is -0.930. The molecule has 1 heterocycles. The van der Waals surface area contributed by atoms with Gasteiger partial charge in [-0.3, -0.25) is 10.1 Å². The van der Waals surface area contributed by atoms with Crippen molar-refractivity contribution in [3.05, 3.63) is 47.3 Å². The van der Waals surface area contributed by atoms with E-state index in [1.165, 1.54) is 5.69 Å². The molecule has 3 rings (SSSR count). The van der Waals surface area contributed by atoms with Crippen LogP contribution in [0.4, 0.5) is 5.69 Å². The second-order valence-electron chi connectivity index (χ2n) is 5.03. The summed E-state index contributed by atoms with van der Waals surface area (Å²) >= 11 is 0. The van der Waals surface area contributed by atoms with Gasteiger partial charge in [-0.1, -0.05) is 0 Å². The summed E-state index contributed by atoms with van der Waals surface area (Å²) in [6.07, 6.45) is 4.85. The second kappa shape index (κ2) is 5.40. The first-order chi connectivity index (χ1) is 10.1. The molecule has 1 aliphatic carbocycles. The van der Waals surface area contributed by atoms with E-state index in [1.54, 1.807) is 24.3 Å². The van der Waals surface area contributed by atoms with Crippen LogP contribution < -0.4 is 5.43 Å². The molecule has 0 radical (unpaired) electrons. The molecule has 2 N–H and O–H groups in total. The van der Waals surface area contributed by atoms with Gasteiger partial charge in [-0.2, -0.15) is 10.2 Å². The third kappa shape index (κ3) is 2.65. The molecule has 6 heteroatoms. The maximum Gasteiger partial charge on any atom is 0.335 e. The van der Waals surface area contributed by atoms with Gasteiger partial charge in [0.25, 0.3) is 0 Å². The summed E-state index contributed by atoms with van der Waals surface area (Å²) in [6.45, 7) is 0. The van der Waals surface area contributed by atoms with Gasteiger partial charge < -0.3 is 5.11 Å². The molecule has 0 saturated heterocycles. The summed E-state index contributed by atoms with van der Waals surface area (Å²) in [7, 11) is 1.94. The molecule has 0 fully saturated rings. The lowest BCUT2D eigenvalue weighted by atomic mass is 9.96. The number of nitrogens with zero attached hydrogens (tertiary/aromatic N) is 3. The van der Waals surface area contributed by atoms with Crippen molar-refractivity contribution in [3.8, 4) is 0 Å². The standard InChI is InChI=1S/C15H16N4O2/c1-19-14-4-2-3-13(12(14)9-16-19)18-17-11-7-5-10(6-8-11)15(20)21/h5-9,17H,2-4H2,1H3,(H,20,21)/b18-13-. The van der Waals surface area contributed by atoms with Crippen molar-refractivity contribution in [2.24, 2.45) is 12.1 Å². The molecular formula is C15H16N4O2. The highest BCUT2D eigenvalue weighted by atomic mass is 16.4. The van der Waals surface area contributed by atoms with Crippen LogP contribution in [0, 0.1) is 0 Å². The highest BCUT2D eigenvalue weighted by Gasteiger charge is 2.19. The topological polar surface area (TPSA) is 79.5 Å². The normalized spacial score (nSPS) is 15.8.